The highest BCUT2D eigenvalue weighted by Crippen LogP contribution is 2.22. The molecule has 2 rings (SSSR count). The first-order chi connectivity index (χ1) is 11.7. The molecular weight excluding hydrogens is 364 g/mol. The number of methoxy groups -OCH3 is 1. The van der Waals surface area contributed by atoms with E-state index in [9.17, 15) is 13.2 Å². The number of benzene rings is 2. The summed E-state index contributed by atoms with van der Waals surface area (Å²) >= 11 is 5.89. The number of nitrogens with one attached hydrogen (secondary N) is 1. The van der Waals surface area contributed by atoms with E-state index in [-0.39, 0.29) is 6.54 Å². The molecule has 8 heteroatoms. The Morgan fingerprint density at radius 2 is 1.84 bits per heavy atom. The number of hydrogen-bond acceptors (Lipinski definition) is 4. The molecule has 0 fully saturated rings. The van der Waals surface area contributed by atoms with Crippen molar-refractivity contribution in [2.24, 2.45) is 0 Å². The van der Waals surface area contributed by atoms with Gasteiger partial charge < -0.3 is 10.1 Å². The lowest BCUT2D eigenvalue weighted by molar-refractivity contribution is -0.114. The lowest BCUT2D eigenvalue weighted by Gasteiger charge is -2.22. The zero-order valence-corrected chi connectivity index (χ0v) is 15.7. The summed E-state index contributed by atoms with van der Waals surface area (Å²) in [7, 11) is -2.11. The minimum Gasteiger partial charge on any atom is -0.497 e. The number of nitrogens with zero attached hydrogens (tertiary/aromatic N) is 1. The van der Waals surface area contributed by atoms with Crippen LogP contribution in [0.1, 0.15) is 5.56 Å². The molecule has 25 heavy (non-hydrogen) atoms. The first-order valence-corrected chi connectivity index (χ1v) is 9.61. The number of anilines is 2. The number of carbonyl (C=O) groups excluding carboxylic acids is 1. The minimum absolute atomic E-state index is 0.340. The van der Waals surface area contributed by atoms with Crippen molar-refractivity contribution >= 4 is 38.9 Å². The topological polar surface area (TPSA) is 75.7 Å². The van der Waals surface area contributed by atoms with E-state index in [1.807, 2.05) is 0 Å². The lowest BCUT2D eigenvalue weighted by atomic mass is 10.2. The summed E-state index contributed by atoms with van der Waals surface area (Å²) in [6.07, 6.45) is 1.05. The number of halogens is 1. The number of amides is 1. The van der Waals surface area contributed by atoms with Gasteiger partial charge in [-0.1, -0.05) is 11.6 Å². The van der Waals surface area contributed by atoms with Gasteiger partial charge in [0.05, 0.1) is 19.1 Å². The zero-order chi connectivity index (χ0) is 18.6. The molecule has 0 aliphatic heterocycles. The standard InChI is InChI=1S/C17H19ClN2O4S/c1-12-10-13(18)4-9-16(12)19-17(21)11-20(25(3,22)23)14-5-7-15(24-2)8-6-14/h4-10H,11H2,1-3H3,(H,19,21). The molecule has 6 nitrogen and oxygen atoms in total. The maximum absolute atomic E-state index is 12.3. The van der Waals surface area contributed by atoms with Gasteiger partial charge in [0, 0.05) is 10.7 Å². The van der Waals surface area contributed by atoms with Gasteiger partial charge in [-0.05, 0) is 55.0 Å². The van der Waals surface area contributed by atoms with Gasteiger partial charge in [0.1, 0.15) is 12.3 Å². The molecule has 134 valence electrons. The van der Waals surface area contributed by atoms with Crippen molar-refractivity contribution in [3.05, 3.63) is 53.1 Å². The monoisotopic (exact) mass is 382 g/mol. The van der Waals surface area contributed by atoms with Crippen LogP contribution in [0.4, 0.5) is 11.4 Å². The number of ether oxygens (including phenoxy) is 1. The van der Waals surface area contributed by atoms with E-state index >= 15 is 0 Å². The molecule has 0 heterocycles. The number of hydrogen-bond donors (Lipinski definition) is 1. The van der Waals surface area contributed by atoms with E-state index in [0.29, 0.717) is 22.1 Å². The first kappa shape index (κ1) is 19.1. The predicted octanol–water partition coefficient (Wildman–Crippen LogP) is 3.06. The summed E-state index contributed by atoms with van der Waals surface area (Å²) < 4.78 is 30.3. The van der Waals surface area contributed by atoms with Gasteiger partial charge in [-0.15, -0.1) is 0 Å². The molecule has 0 saturated heterocycles. The van der Waals surface area contributed by atoms with E-state index < -0.39 is 15.9 Å². The molecule has 0 atom stereocenters. The van der Waals surface area contributed by atoms with Gasteiger partial charge in [0.25, 0.3) is 0 Å². The van der Waals surface area contributed by atoms with Gasteiger partial charge in [0.2, 0.25) is 15.9 Å². The predicted molar refractivity (Wildman–Crippen MR) is 100 cm³/mol. The second-order valence-corrected chi connectivity index (χ2v) is 7.82. The van der Waals surface area contributed by atoms with Crippen molar-refractivity contribution in [1.82, 2.24) is 0 Å². The second kappa shape index (κ2) is 7.76. The third-order valence-corrected chi connectivity index (χ3v) is 4.89. The van der Waals surface area contributed by atoms with Crippen LogP contribution < -0.4 is 14.4 Å². The number of rotatable bonds is 6. The van der Waals surface area contributed by atoms with Crippen LogP contribution in [0.3, 0.4) is 0 Å². The Bertz CT molecular complexity index is 867. The molecule has 0 spiro atoms. The molecule has 0 aliphatic rings. The Morgan fingerprint density at radius 3 is 2.36 bits per heavy atom. The second-order valence-electron chi connectivity index (χ2n) is 5.48. The largest absolute Gasteiger partial charge is 0.497 e. The van der Waals surface area contributed by atoms with Crippen LogP contribution >= 0.6 is 11.6 Å². The highest BCUT2D eigenvalue weighted by atomic mass is 35.5. The zero-order valence-electron chi connectivity index (χ0n) is 14.1. The SMILES string of the molecule is COc1ccc(N(CC(=O)Nc2ccc(Cl)cc2C)S(C)(=O)=O)cc1. The minimum atomic E-state index is -3.63. The van der Waals surface area contributed by atoms with Gasteiger partial charge in [-0.25, -0.2) is 8.42 Å². The van der Waals surface area contributed by atoms with E-state index in [0.717, 1.165) is 16.1 Å². The highest BCUT2D eigenvalue weighted by molar-refractivity contribution is 7.92. The van der Waals surface area contributed by atoms with Crippen LogP contribution in [0.15, 0.2) is 42.5 Å². The van der Waals surface area contributed by atoms with Crippen LogP contribution in [0, 0.1) is 6.92 Å². The number of aryl methyl sites for hydroxylation is 1. The molecule has 2 aromatic carbocycles. The van der Waals surface area contributed by atoms with Gasteiger partial charge in [-0.2, -0.15) is 0 Å². The average molecular weight is 383 g/mol. The molecule has 0 unspecified atom stereocenters. The Morgan fingerprint density at radius 1 is 1.20 bits per heavy atom. The van der Waals surface area contributed by atoms with Crippen molar-refractivity contribution in [2.75, 3.05) is 29.5 Å². The lowest BCUT2D eigenvalue weighted by Crippen LogP contribution is -2.37. The molecule has 0 saturated carbocycles. The Hall–Kier alpha value is -2.25. The highest BCUT2D eigenvalue weighted by Gasteiger charge is 2.21. The fourth-order valence-corrected chi connectivity index (χ4v) is 3.32. The summed E-state index contributed by atoms with van der Waals surface area (Å²) in [6, 6.07) is 11.5. The van der Waals surface area contributed by atoms with E-state index in [4.69, 9.17) is 16.3 Å². The molecular formula is C17H19ClN2O4S. The Kier molecular flexibility index (Phi) is 5.92. The van der Waals surface area contributed by atoms with E-state index in [1.165, 1.54) is 7.11 Å². The fraction of sp³-hybridized carbons (Fsp3) is 0.235. The Labute approximate surface area is 152 Å². The van der Waals surface area contributed by atoms with Crippen LogP contribution in [0.5, 0.6) is 5.75 Å². The first-order valence-electron chi connectivity index (χ1n) is 7.38. The maximum Gasteiger partial charge on any atom is 0.245 e. The Balaban J connectivity index is 2.20. The van der Waals surface area contributed by atoms with Crippen molar-refractivity contribution in [1.29, 1.82) is 0 Å². The van der Waals surface area contributed by atoms with Gasteiger partial charge in [-0.3, -0.25) is 9.10 Å². The van der Waals surface area contributed by atoms with Crippen molar-refractivity contribution in [2.45, 2.75) is 6.92 Å². The molecule has 1 amide bonds. The molecule has 2 aromatic rings. The quantitative estimate of drug-likeness (QED) is 0.833. The van der Waals surface area contributed by atoms with Crippen LogP contribution in [0.2, 0.25) is 5.02 Å². The smallest absolute Gasteiger partial charge is 0.245 e. The molecule has 0 aliphatic carbocycles. The van der Waals surface area contributed by atoms with Crippen LogP contribution in [-0.2, 0) is 14.8 Å². The van der Waals surface area contributed by atoms with Crippen molar-refractivity contribution < 1.29 is 17.9 Å². The van der Waals surface area contributed by atoms with Crippen LogP contribution in [-0.4, -0.2) is 34.2 Å². The van der Waals surface area contributed by atoms with Crippen molar-refractivity contribution in [3.8, 4) is 5.75 Å². The summed E-state index contributed by atoms with van der Waals surface area (Å²) in [5.41, 5.74) is 1.75. The molecule has 1 N–H and O–H groups in total. The summed E-state index contributed by atoms with van der Waals surface area (Å²) in [4.78, 5) is 12.3. The fourth-order valence-electron chi connectivity index (χ4n) is 2.24. The third kappa shape index (κ3) is 5.11. The maximum atomic E-state index is 12.3. The molecule has 0 radical (unpaired) electrons. The normalized spacial score (nSPS) is 11.0. The molecule has 0 bridgehead atoms. The number of sulfonamides is 1. The van der Waals surface area contributed by atoms with E-state index in [2.05, 4.69) is 5.32 Å². The summed E-state index contributed by atoms with van der Waals surface area (Å²) in [5.74, 6) is 0.144. The van der Waals surface area contributed by atoms with Crippen molar-refractivity contribution in [3.63, 3.8) is 0 Å². The van der Waals surface area contributed by atoms with Gasteiger partial charge >= 0.3 is 0 Å². The number of carbonyl (C=O) groups is 1. The van der Waals surface area contributed by atoms with E-state index in [1.54, 1.807) is 49.4 Å². The van der Waals surface area contributed by atoms with Gasteiger partial charge in [0.15, 0.2) is 0 Å². The average Bonchev–Trinajstić information content (AvgIpc) is 2.54. The molecule has 0 aromatic heterocycles. The summed E-state index contributed by atoms with van der Waals surface area (Å²) in [5, 5.41) is 3.27. The third-order valence-electron chi connectivity index (χ3n) is 3.51. The summed E-state index contributed by atoms with van der Waals surface area (Å²) in [6.45, 7) is 1.46. The van der Waals surface area contributed by atoms with Crippen LogP contribution in [0.25, 0.3) is 0 Å².